The number of benzene rings is 1. The van der Waals surface area contributed by atoms with Gasteiger partial charge in [-0.2, -0.15) is 12.6 Å². The average Bonchev–Trinajstić information content (AvgIpc) is 1.56. The molecule has 3 aliphatic rings. The lowest BCUT2D eigenvalue weighted by molar-refractivity contribution is -0.172. The second kappa shape index (κ2) is 34.9. The molecule has 4 atom stereocenters. The first kappa shape index (κ1) is 72.0. The number of pyridine rings is 2. The van der Waals surface area contributed by atoms with Gasteiger partial charge in [0, 0.05) is 75.0 Å². The molecule has 3 aliphatic heterocycles. The molecule has 1 saturated heterocycles. The standard InChI is InChI=1S/C59H77N11O21S/c1-3-34-35-23-33(11-12-39(35)67-53-36(34)28-70-42(53)24-38-37(55(70)82)29-91-58(86)59(38,87)4-2)90-32-50(77)65-27-47(74)60-15-7-5-9-40(66-45(72)14-13-44(71)62-17-20-69-51(78)25-43(92)56(69)83)54(81)68-41(57(84)85)10-6-8-16-61-48(75)30-89-22-19-64-49(76)31-88-21-18-63-46(73)26-52(79)80/h11-12,23-24,40-41,43,87,92H,3-10,13-22,25-32H2,1-2H3,(H,60,74)(H,61,75)(H,62,71)(H,63,73)(H,64,76)(H,65,77)(H,66,72)(H,68,81)(H,79,80)(H,84,85)/t40-,41-,43?,59-/m0/s1. The van der Waals surface area contributed by atoms with Gasteiger partial charge in [0.2, 0.25) is 53.2 Å². The SMILES string of the molecule is CCc1c2c(nc3ccc(OCC(=O)NCC(=O)NCCCC[C@H](NC(=O)CCC(=O)NCCN4C(=O)CC(S)C4=O)C(=O)N[C@@H](CCCCNC(=O)COCCNC(=O)COCCNC(=O)CC(=O)O)C(=O)O)cc13)-c1cc3c(c(=O)n1C2)COC(=O)[C@]3(O)CC. The van der Waals surface area contributed by atoms with Crippen molar-refractivity contribution in [2.45, 2.75) is 127 Å². The Labute approximate surface area is 532 Å². The number of aromatic nitrogens is 2. The lowest BCUT2D eigenvalue weighted by Crippen LogP contribution is -2.51. The van der Waals surface area contributed by atoms with Crippen LogP contribution in [0, 0.1) is 0 Å². The molecule has 33 heteroatoms. The zero-order valence-corrected chi connectivity index (χ0v) is 51.8. The summed E-state index contributed by atoms with van der Waals surface area (Å²) in [6.45, 7) is 1.97. The van der Waals surface area contributed by atoms with Gasteiger partial charge in [0.05, 0.1) is 54.0 Å². The van der Waals surface area contributed by atoms with Crippen molar-refractivity contribution in [2.75, 3.05) is 78.8 Å². The van der Waals surface area contributed by atoms with Gasteiger partial charge >= 0.3 is 17.9 Å². The Bertz CT molecular complexity index is 3360. The maximum Gasteiger partial charge on any atom is 0.343 e. The van der Waals surface area contributed by atoms with E-state index in [1.54, 1.807) is 35.8 Å². The number of likely N-dealkylation sites (tertiary alicyclic amines) is 1. The Morgan fingerprint density at radius 3 is 1.97 bits per heavy atom. The average molecular weight is 1310 g/mol. The van der Waals surface area contributed by atoms with Gasteiger partial charge in [-0.05, 0) is 81.2 Å². The highest BCUT2D eigenvalue weighted by Crippen LogP contribution is 2.41. The summed E-state index contributed by atoms with van der Waals surface area (Å²) in [5.41, 5.74) is 1.30. The second-order valence-corrected chi connectivity index (χ2v) is 22.3. The number of nitrogens with one attached hydrogen (secondary N) is 8. The zero-order chi connectivity index (χ0) is 67.1. The predicted molar refractivity (Wildman–Crippen MR) is 324 cm³/mol. The summed E-state index contributed by atoms with van der Waals surface area (Å²) >= 11 is 4.07. The van der Waals surface area contributed by atoms with E-state index in [0.717, 1.165) is 21.4 Å². The van der Waals surface area contributed by atoms with Gasteiger partial charge < -0.3 is 81.4 Å². The molecule has 6 rings (SSSR count). The number of rotatable bonds is 39. The fourth-order valence-corrected chi connectivity index (χ4v) is 10.5. The second-order valence-electron chi connectivity index (χ2n) is 21.7. The van der Waals surface area contributed by atoms with Crippen molar-refractivity contribution in [3.05, 3.63) is 56.9 Å². The van der Waals surface area contributed by atoms with E-state index in [2.05, 4.69) is 55.2 Å². The van der Waals surface area contributed by atoms with Gasteiger partial charge in [-0.1, -0.05) is 13.8 Å². The highest BCUT2D eigenvalue weighted by molar-refractivity contribution is 7.81. The lowest BCUT2D eigenvalue weighted by Gasteiger charge is -2.31. The number of ether oxygens (including phenoxy) is 4. The van der Waals surface area contributed by atoms with Crippen LogP contribution in [-0.4, -0.2) is 203 Å². The van der Waals surface area contributed by atoms with Gasteiger partial charge in [0.1, 0.15) is 44.1 Å². The fourth-order valence-electron chi connectivity index (χ4n) is 10.2. The summed E-state index contributed by atoms with van der Waals surface area (Å²) in [5.74, 6) is -9.08. The number of hydrogen-bond donors (Lipinski definition) is 12. The Hall–Kier alpha value is -9.08. The third kappa shape index (κ3) is 20.5. The van der Waals surface area contributed by atoms with E-state index in [9.17, 15) is 77.3 Å². The molecule has 0 radical (unpaired) electrons. The number of cyclic esters (lactones) is 1. The monoisotopic (exact) mass is 1310 g/mol. The summed E-state index contributed by atoms with van der Waals surface area (Å²) in [6.07, 6.45) is -0.0537. The van der Waals surface area contributed by atoms with Crippen LogP contribution in [0.3, 0.4) is 0 Å². The number of amides is 10. The summed E-state index contributed by atoms with van der Waals surface area (Å²) in [5, 5.41) is 49.9. The molecule has 10 amide bonds. The van der Waals surface area contributed by atoms with E-state index in [1.165, 1.54) is 0 Å². The number of nitrogens with zero attached hydrogens (tertiary/aromatic N) is 3. The van der Waals surface area contributed by atoms with Crippen LogP contribution in [0.2, 0.25) is 0 Å². The van der Waals surface area contributed by atoms with Gasteiger partial charge in [0.15, 0.2) is 12.2 Å². The number of aryl methyl sites for hydroxylation is 1. The first-order valence-corrected chi connectivity index (χ1v) is 30.5. The van der Waals surface area contributed by atoms with Crippen molar-refractivity contribution in [3.63, 3.8) is 0 Å². The van der Waals surface area contributed by atoms with Crippen LogP contribution in [0.5, 0.6) is 5.75 Å². The minimum Gasteiger partial charge on any atom is -0.484 e. The van der Waals surface area contributed by atoms with E-state index in [0.29, 0.717) is 35.5 Å². The number of fused-ring (bicyclic) bond motifs is 5. The molecule has 2 aromatic heterocycles. The normalized spacial score (nSPS) is 16.0. The van der Waals surface area contributed by atoms with Crippen LogP contribution in [0.15, 0.2) is 29.1 Å². The van der Waals surface area contributed by atoms with Gasteiger partial charge in [-0.15, -0.1) is 0 Å². The highest BCUT2D eigenvalue weighted by atomic mass is 32.1. The van der Waals surface area contributed by atoms with E-state index in [4.69, 9.17) is 29.0 Å². The first-order chi connectivity index (χ1) is 43.9. The topological polar surface area (TPSA) is 454 Å². The Balaban J connectivity index is 0.919. The number of imide groups is 1. The summed E-state index contributed by atoms with van der Waals surface area (Å²) in [7, 11) is 0. The number of carbonyl (C=O) groups excluding carboxylic acids is 11. The van der Waals surface area contributed by atoms with Crippen LogP contribution < -0.4 is 52.8 Å². The van der Waals surface area contributed by atoms with Crippen LogP contribution in [0.25, 0.3) is 22.3 Å². The third-order valence-electron chi connectivity index (χ3n) is 15.1. The molecule has 0 aliphatic carbocycles. The lowest BCUT2D eigenvalue weighted by atomic mass is 9.86. The number of esters is 1. The van der Waals surface area contributed by atoms with Crippen molar-refractivity contribution in [1.82, 2.24) is 57.0 Å². The number of aliphatic hydroxyl groups is 1. The summed E-state index contributed by atoms with van der Waals surface area (Å²) < 4.78 is 22.9. The van der Waals surface area contributed by atoms with Crippen molar-refractivity contribution >= 4 is 101 Å². The fraction of sp³-hybridized carbons (Fsp3) is 0.542. The maximum atomic E-state index is 13.7. The number of hydrogen-bond acceptors (Lipinski definition) is 21. The number of aliphatic carboxylic acids is 2. The number of carboxylic acid groups (broad SMARTS) is 2. The number of carboxylic acids is 2. The number of carbonyl (C=O) groups is 13. The van der Waals surface area contributed by atoms with Crippen molar-refractivity contribution in [2.24, 2.45) is 0 Å². The van der Waals surface area contributed by atoms with Gasteiger partial charge in [-0.25, -0.2) is 14.6 Å². The zero-order valence-electron chi connectivity index (χ0n) is 50.9. The third-order valence-corrected chi connectivity index (χ3v) is 15.5. The van der Waals surface area contributed by atoms with Crippen molar-refractivity contribution in [1.29, 1.82) is 0 Å². The quantitative estimate of drug-likeness (QED) is 0.00720. The molecule has 0 spiro atoms. The molecule has 0 saturated carbocycles. The molecule has 1 unspecified atom stereocenters. The predicted octanol–water partition coefficient (Wildman–Crippen LogP) is -2.54. The molecular formula is C59H77N11O21S. The van der Waals surface area contributed by atoms with E-state index < -0.39 is 126 Å². The summed E-state index contributed by atoms with van der Waals surface area (Å²) in [4.78, 5) is 180. The molecule has 5 heterocycles. The molecule has 32 nitrogen and oxygen atoms in total. The van der Waals surface area contributed by atoms with Crippen LogP contribution in [0.4, 0.5) is 0 Å². The van der Waals surface area contributed by atoms with Gasteiger partial charge in [-0.3, -0.25) is 62.4 Å². The summed E-state index contributed by atoms with van der Waals surface area (Å²) in [6, 6.07) is 3.99. The van der Waals surface area contributed by atoms with Crippen molar-refractivity contribution in [3.8, 4) is 17.1 Å². The molecule has 1 fully saturated rings. The number of unbranched alkanes of at least 4 members (excludes halogenated alkanes) is 2. The largest absolute Gasteiger partial charge is 0.484 e. The Kier molecular flexibility index (Phi) is 27.3. The van der Waals surface area contributed by atoms with Crippen LogP contribution >= 0.6 is 12.6 Å². The van der Waals surface area contributed by atoms with Gasteiger partial charge in [0.25, 0.3) is 11.5 Å². The minimum absolute atomic E-state index is 0.00291. The molecule has 11 N–H and O–H groups in total. The molecule has 92 heavy (non-hydrogen) atoms. The Morgan fingerprint density at radius 1 is 0.717 bits per heavy atom. The first-order valence-electron chi connectivity index (χ1n) is 30.0. The van der Waals surface area contributed by atoms with Crippen molar-refractivity contribution < 1.29 is 96.6 Å². The molecule has 1 aromatic carbocycles. The van der Waals surface area contributed by atoms with E-state index in [1.807, 2.05) is 6.92 Å². The molecular weight excluding hydrogens is 1230 g/mol. The van der Waals surface area contributed by atoms with Crippen LogP contribution in [0.1, 0.15) is 107 Å². The smallest absolute Gasteiger partial charge is 0.343 e. The minimum atomic E-state index is -1.97. The van der Waals surface area contributed by atoms with Crippen LogP contribution in [-0.2, 0) is 102 Å². The van der Waals surface area contributed by atoms with E-state index >= 15 is 0 Å². The Morgan fingerprint density at radius 2 is 1.34 bits per heavy atom. The molecule has 500 valence electrons. The molecule has 3 aromatic rings. The number of thiol groups is 1. The highest BCUT2D eigenvalue weighted by Gasteiger charge is 2.46. The maximum absolute atomic E-state index is 13.7. The molecule has 0 bridgehead atoms. The van der Waals surface area contributed by atoms with E-state index in [-0.39, 0.29) is 147 Å².